The van der Waals surface area contributed by atoms with E-state index in [2.05, 4.69) is 95.6 Å². The number of rotatable bonds is 6. The fraction of sp³-hybridized carbons (Fsp3) is 0.200. The molecule has 0 radical (unpaired) electrons. The molecule has 0 aliphatic rings. The zero-order valence-electron chi connectivity index (χ0n) is 20.2. The van der Waals surface area contributed by atoms with Gasteiger partial charge in [-0.2, -0.15) is 0 Å². The lowest BCUT2D eigenvalue weighted by Crippen LogP contribution is -2.49. The quantitative estimate of drug-likeness (QED) is 0.324. The standard InChI is InChI=1S/C30H30BNO2/c1-29(2,33)30(3,4)34-31-23-15-17-24(18-16-23)32-27-13-9-8-12-25(27)26-20-22(14-19-28(26)32)21-10-6-5-7-11-21/h5-20,31,33H,1-4H3. The highest BCUT2D eigenvalue weighted by Gasteiger charge is 2.35. The SMILES string of the molecule is CC(C)(O)C(C)(C)OBc1ccc(-n2c3ccccc3c3cc(-c4ccccc4)ccc32)cc1. The van der Waals surface area contributed by atoms with Crippen LogP contribution >= 0.6 is 0 Å². The Kier molecular flexibility index (Phi) is 5.59. The van der Waals surface area contributed by atoms with Gasteiger partial charge in [0.2, 0.25) is 0 Å². The molecule has 5 aromatic rings. The van der Waals surface area contributed by atoms with E-state index in [4.69, 9.17) is 4.65 Å². The van der Waals surface area contributed by atoms with Crippen molar-refractivity contribution >= 4 is 34.8 Å². The van der Waals surface area contributed by atoms with Gasteiger partial charge in [-0.1, -0.05) is 72.2 Å². The van der Waals surface area contributed by atoms with E-state index in [1.807, 2.05) is 19.9 Å². The first kappa shape index (κ1) is 22.5. The van der Waals surface area contributed by atoms with Gasteiger partial charge in [0.1, 0.15) is 0 Å². The molecule has 0 atom stereocenters. The van der Waals surface area contributed by atoms with Crippen LogP contribution in [0.3, 0.4) is 0 Å². The normalized spacial score (nSPS) is 12.4. The molecule has 0 bridgehead atoms. The average molecular weight is 447 g/mol. The Labute approximate surface area is 201 Å². The molecule has 4 heteroatoms. The highest BCUT2D eigenvalue weighted by atomic mass is 16.5. The lowest BCUT2D eigenvalue weighted by Gasteiger charge is -2.37. The van der Waals surface area contributed by atoms with Crippen LogP contribution < -0.4 is 5.46 Å². The van der Waals surface area contributed by atoms with Crippen LogP contribution in [0.1, 0.15) is 27.7 Å². The zero-order chi connectivity index (χ0) is 23.9. The van der Waals surface area contributed by atoms with Crippen molar-refractivity contribution in [3.05, 3.63) is 97.1 Å². The first-order chi connectivity index (χ1) is 16.2. The van der Waals surface area contributed by atoms with Gasteiger partial charge in [0.25, 0.3) is 0 Å². The Morgan fingerprint density at radius 2 is 1.32 bits per heavy atom. The number of aliphatic hydroxyl groups is 1. The van der Waals surface area contributed by atoms with E-state index in [1.54, 1.807) is 13.8 Å². The maximum atomic E-state index is 10.4. The van der Waals surface area contributed by atoms with Gasteiger partial charge < -0.3 is 14.3 Å². The van der Waals surface area contributed by atoms with E-state index >= 15 is 0 Å². The Balaban J connectivity index is 1.53. The van der Waals surface area contributed by atoms with Gasteiger partial charge in [-0.05, 0) is 69.2 Å². The summed E-state index contributed by atoms with van der Waals surface area (Å²) in [5.41, 5.74) is 5.45. The minimum Gasteiger partial charge on any atom is -0.427 e. The van der Waals surface area contributed by atoms with Crippen molar-refractivity contribution in [2.75, 3.05) is 0 Å². The fourth-order valence-corrected chi connectivity index (χ4v) is 4.24. The summed E-state index contributed by atoms with van der Waals surface area (Å²) in [5.74, 6) is 0. The maximum absolute atomic E-state index is 10.4. The van der Waals surface area contributed by atoms with Crippen LogP contribution in [0.25, 0.3) is 38.6 Å². The molecule has 0 spiro atoms. The van der Waals surface area contributed by atoms with Gasteiger partial charge in [-0.15, -0.1) is 0 Å². The second kappa shape index (κ2) is 8.46. The van der Waals surface area contributed by atoms with Crippen molar-refractivity contribution < 1.29 is 9.76 Å². The molecule has 4 aromatic carbocycles. The number of para-hydroxylation sites is 1. The largest absolute Gasteiger partial charge is 0.427 e. The van der Waals surface area contributed by atoms with Crippen LogP contribution in [0.4, 0.5) is 0 Å². The molecule has 0 fully saturated rings. The van der Waals surface area contributed by atoms with Gasteiger partial charge in [-0.25, -0.2) is 0 Å². The van der Waals surface area contributed by atoms with Crippen molar-refractivity contribution in [3.8, 4) is 16.8 Å². The molecular weight excluding hydrogens is 417 g/mol. The van der Waals surface area contributed by atoms with E-state index in [0.717, 1.165) is 11.2 Å². The lowest BCUT2D eigenvalue weighted by atomic mass is 9.82. The number of hydrogen-bond donors (Lipinski definition) is 1. The molecule has 5 rings (SSSR count). The van der Waals surface area contributed by atoms with E-state index in [1.165, 1.54) is 32.9 Å². The summed E-state index contributed by atoms with van der Waals surface area (Å²) in [4.78, 5) is 0. The topological polar surface area (TPSA) is 34.4 Å². The minimum absolute atomic E-state index is 0.449. The molecule has 1 aromatic heterocycles. The second-order valence-corrected chi connectivity index (χ2v) is 9.97. The number of benzene rings is 4. The average Bonchev–Trinajstić information content (AvgIpc) is 3.17. The Morgan fingerprint density at radius 1 is 0.676 bits per heavy atom. The van der Waals surface area contributed by atoms with Crippen molar-refractivity contribution in [2.45, 2.75) is 38.9 Å². The van der Waals surface area contributed by atoms with Crippen LogP contribution in [0.2, 0.25) is 0 Å². The summed E-state index contributed by atoms with van der Waals surface area (Å²) in [6, 6.07) is 34.3. The first-order valence-electron chi connectivity index (χ1n) is 11.8. The zero-order valence-corrected chi connectivity index (χ0v) is 20.2. The smallest absolute Gasteiger partial charge is 0.309 e. The second-order valence-electron chi connectivity index (χ2n) is 9.97. The molecule has 0 unspecified atom stereocenters. The van der Waals surface area contributed by atoms with Crippen LogP contribution in [0.15, 0.2) is 97.1 Å². The molecule has 3 nitrogen and oxygen atoms in total. The Bertz CT molecular complexity index is 1450. The molecule has 0 aliphatic carbocycles. The van der Waals surface area contributed by atoms with E-state index in [-0.39, 0.29) is 0 Å². The molecular formula is C30H30BNO2. The summed E-state index contributed by atoms with van der Waals surface area (Å²) in [6.07, 6.45) is 0. The Hall–Kier alpha value is -3.34. The third-order valence-electron chi connectivity index (χ3n) is 7.05. The van der Waals surface area contributed by atoms with Crippen molar-refractivity contribution in [2.24, 2.45) is 0 Å². The number of fused-ring (bicyclic) bond motifs is 3. The molecule has 0 saturated carbocycles. The summed E-state index contributed by atoms with van der Waals surface area (Å²) in [7, 11) is 0.449. The summed E-state index contributed by atoms with van der Waals surface area (Å²) >= 11 is 0. The highest BCUT2D eigenvalue weighted by Crippen LogP contribution is 2.34. The molecule has 34 heavy (non-hydrogen) atoms. The monoisotopic (exact) mass is 447 g/mol. The van der Waals surface area contributed by atoms with Crippen molar-refractivity contribution in [1.82, 2.24) is 4.57 Å². The van der Waals surface area contributed by atoms with Gasteiger partial charge in [-0.3, -0.25) is 0 Å². The van der Waals surface area contributed by atoms with Crippen LogP contribution in [0.5, 0.6) is 0 Å². The maximum Gasteiger partial charge on any atom is 0.309 e. The number of nitrogens with zero attached hydrogens (tertiary/aromatic N) is 1. The van der Waals surface area contributed by atoms with Gasteiger partial charge >= 0.3 is 7.48 Å². The van der Waals surface area contributed by atoms with Crippen LogP contribution in [-0.2, 0) is 4.65 Å². The number of aromatic nitrogens is 1. The van der Waals surface area contributed by atoms with Crippen LogP contribution in [0, 0.1) is 0 Å². The lowest BCUT2D eigenvalue weighted by molar-refractivity contribution is -0.0893. The summed E-state index contributed by atoms with van der Waals surface area (Å²) in [5, 5.41) is 12.8. The molecule has 0 amide bonds. The Morgan fingerprint density at radius 3 is 2.03 bits per heavy atom. The molecule has 0 aliphatic heterocycles. The highest BCUT2D eigenvalue weighted by molar-refractivity contribution is 6.47. The van der Waals surface area contributed by atoms with Crippen LogP contribution in [-0.4, -0.2) is 28.4 Å². The van der Waals surface area contributed by atoms with Gasteiger partial charge in [0.05, 0.1) is 22.2 Å². The minimum atomic E-state index is -0.922. The van der Waals surface area contributed by atoms with Crippen molar-refractivity contribution in [3.63, 3.8) is 0 Å². The predicted octanol–water partition coefficient (Wildman–Crippen LogP) is 5.99. The van der Waals surface area contributed by atoms with E-state index < -0.39 is 11.2 Å². The third-order valence-corrected chi connectivity index (χ3v) is 7.05. The third kappa shape index (κ3) is 4.04. The van der Waals surface area contributed by atoms with E-state index in [0.29, 0.717) is 7.48 Å². The van der Waals surface area contributed by atoms with E-state index in [9.17, 15) is 5.11 Å². The molecule has 170 valence electrons. The summed E-state index contributed by atoms with van der Waals surface area (Å²) < 4.78 is 8.37. The first-order valence-corrected chi connectivity index (χ1v) is 11.8. The predicted molar refractivity (Wildman–Crippen MR) is 144 cm³/mol. The fourth-order valence-electron chi connectivity index (χ4n) is 4.24. The van der Waals surface area contributed by atoms with Gasteiger partial charge in [0, 0.05) is 16.5 Å². The molecule has 0 saturated heterocycles. The number of hydrogen-bond acceptors (Lipinski definition) is 2. The molecule has 1 N–H and O–H groups in total. The molecule has 1 heterocycles. The van der Waals surface area contributed by atoms with Crippen molar-refractivity contribution in [1.29, 1.82) is 0 Å². The summed E-state index contributed by atoms with van der Waals surface area (Å²) in [6.45, 7) is 7.40. The van der Waals surface area contributed by atoms with Gasteiger partial charge in [0.15, 0.2) is 0 Å².